The Morgan fingerprint density at radius 1 is 1.62 bits per heavy atom. The van der Waals surface area contributed by atoms with Gasteiger partial charge in [0.05, 0.1) is 7.11 Å². The van der Waals surface area contributed by atoms with E-state index < -0.39 is 18.0 Å². The molecule has 2 unspecified atom stereocenters. The highest BCUT2D eigenvalue weighted by Gasteiger charge is 2.33. The second-order valence-corrected chi connectivity index (χ2v) is 3.03. The standard InChI is InChI=1S/C9H12O4/c1-5-4-7(10)13-6(2)8(5)9(11)12-3/h4,6,8H,1-3H3. The molecule has 1 aliphatic heterocycles. The van der Waals surface area contributed by atoms with Crippen molar-refractivity contribution in [3.63, 3.8) is 0 Å². The highest BCUT2D eigenvalue weighted by molar-refractivity contribution is 5.88. The minimum atomic E-state index is -0.456. The summed E-state index contributed by atoms with van der Waals surface area (Å²) in [6.45, 7) is 3.40. The van der Waals surface area contributed by atoms with Crippen molar-refractivity contribution in [2.24, 2.45) is 5.92 Å². The average molecular weight is 184 g/mol. The molecule has 2 atom stereocenters. The van der Waals surface area contributed by atoms with E-state index in [4.69, 9.17) is 4.74 Å². The zero-order chi connectivity index (χ0) is 10.0. The fourth-order valence-corrected chi connectivity index (χ4v) is 1.44. The Bertz CT molecular complexity index is 267. The molecule has 4 heteroatoms. The van der Waals surface area contributed by atoms with Crippen LogP contribution in [0, 0.1) is 5.92 Å². The van der Waals surface area contributed by atoms with E-state index in [-0.39, 0.29) is 5.97 Å². The Balaban J connectivity index is 2.90. The molecule has 0 saturated heterocycles. The summed E-state index contributed by atoms with van der Waals surface area (Å²) in [4.78, 5) is 22.1. The monoisotopic (exact) mass is 184 g/mol. The second-order valence-electron chi connectivity index (χ2n) is 3.03. The largest absolute Gasteiger partial charge is 0.468 e. The van der Waals surface area contributed by atoms with Gasteiger partial charge in [0.15, 0.2) is 0 Å². The van der Waals surface area contributed by atoms with Crippen molar-refractivity contribution < 1.29 is 19.1 Å². The van der Waals surface area contributed by atoms with Gasteiger partial charge in [-0.2, -0.15) is 0 Å². The van der Waals surface area contributed by atoms with Gasteiger partial charge in [0.2, 0.25) is 0 Å². The van der Waals surface area contributed by atoms with Gasteiger partial charge in [0.25, 0.3) is 0 Å². The maximum atomic E-state index is 11.2. The van der Waals surface area contributed by atoms with Gasteiger partial charge in [0.1, 0.15) is 12.0 Å². The molecule has 72 valence electrons. The first-order valence-electron chi connectivity index (χ1n) is 4.03. The van der Waals surface area contributed by atoms with Crippen LogP contribution >= 0.6 is 0 Å². The quantitative estimate of drug-likeness (QED) is 0.562. The van der Waals surface area contributed by atoms with Crippen LogP contribution in [0.3, 0.4) is 0 Å². The van der Waals surface area contributed by atoms with Gasteiger partial charge in [-0.05, 0) is 19.4 Å². The number of rotatable bonds is 1. The van der Waals surface area contributed by atoms with E-state index in [0.29, 0.717) is 5.57 Å². The molecule has 0 spiro atoms. The number of ether oxygens (including phenoxy) is 2. The summed E-state index contributed by atoms with van der Waals surface area (Å²) in [6.07, 6.45) is 0.881. The fourth-order valence-electron chi connectivity index (χ4n) is 1.44. The van der Waals surface area contributed by atoms with Crippen LogP contribution in [0.5, 0.6) is 0 Å². The molecule has 1 aliphatic rings. The number of hydrogen-bond donors (Lipinski definition) is 0. The summed E-state index contributed by atoms with van der Waals surface area (Å²) in [7, 11) is 1.32. The molecular formula is C9H12O4. The molecule has 0 radical (unpaired) electrons. The number of cyclic esters (lactones) is 1. The smallest absolute Gasteiger partial charge is 0.331 e. The molecule has 0 N–H and O–H groups in total. The van der Waals surface area contributed by atoms with Crippen LogP contribution in [-0.4, -0.2) is 25.2 Å². The van der Waals surface area contributed by atoms with Crippen molar-refractivity contribution >= 4 is 11.9 Å². The molecule has 1 heterocycles. The summed E-state index contributed by atoms with van der Waals surface area (Å²) >= 11 is 0. The number of carbonyl (C=O) groups is 2. The minimum Gasteiger partial charge on any atom is -0.468 e. The first kappa shape index (κ1) is 9.77. The van der Waals surface area contributed by atoms with E-state index in [1.807, 2.05) is 0 Å². The van der Waals surface area contributed by atoms with Crippen LogP contribution in [0.2, 0.25) is 0 Å². The molecule has 0 saturated carbocycles. The van der Waals surface area contributed by atoms with E-state index in [9.17, 15) is 9.59 Å². The van der Waals surface area contributed by atoms with Gasteiger partial charge in [0, 0.05) is 6.08 Å². The Hall–Kier alpha value is -1.32. The van der Waals surface area contributed by atoms with Crippen molar-refractivity contribution in [1.82, 2.24) is 0 Å². The van der Waals surface area contributed by atoms with Gasteiger partial charge in [-0.25, -0.2) is 4.79 Å². The lowest BCUT2D eigenvalue weighted by atomic mass is 9.93. The maximum Gasteiger partial charge on any atom is 0.331 e. The molecule has 0 fully saturated rings. The zero-order valence-corrected chi connectivity index (χ0v) is 7.87. The minimum absolute atomic E-state index is 0.367. The third-order valence-corrected chi connectivity index (χ3v) is 2.06. The maximum absolute atomic E-state index is 11.2. The third kappa shape index (κ3) is 1.88. The lowest BCUT2D eigenvalue weighted by Crippen LogP contribution is -2.35. The predicted octanol–water partition coefficient (Wildman–Crippen LogP) is 0.667. The predicted molar refractivity (Wildman–Crippen MR) is 44.8 cm³/mol. The number of carbonyl (C=O) groups excluding carboxylic acids is 2. The summed E-state index contributed by atoms with van der Waals surface area (Å²) in [6, 6.07) is 0. The average Bonchev–Trinajstić information content (AvgIpc) is 2.02. The molecule has 4 nitrogen and oxygen atoms in total. The van der Waals surface area contributed by atoms with E-state index in [2.05, 4.69) is 4.74 Å². The van der Waals surface area contributed by atoms with Gasteiger partial charge in [-0.3, -0.25) is 4.79 Å². The highest BCUT2D eigenvalue weighted by atomic mass is 16.6. The topological polar surface area (TPSA) is 52.6 Å². The van der Waals surface area contributed by atoms with Crippen LogP contribution < -0.4 is 0 Å². The first-order valence-corrected chi connectivity index (χ1v) is 4.03. The summed E-state index contributed by atoms with van der Waals surface area (Å²) in [5.74, 6) is -1.22. The van der Waals surface area contributed by atoms with Gasteiger partial charge in [-0.15, -0.1) is 0 Å². The van der Waals surface area contributed by atoms with E-state index in [0.717, 1.165) is 0 Å². The number of esters is 2. The molecule has 0 aromatic heterocycles. The van der Waals surface area contributed by atoms with Gasteiger partial charge < -0.3 is 9.47 Å². The molecule has 0 aromatic rings. The van der Waals surface area contributed by atoms with Crippen LogP contribution in [-0.2, 0) is 19.1 Å². The molecule has 13 heavy (non-hydrogen) atoms. The SMILES string of the molecule is COC(=O)C1C(C)=CC(=O)OC1C. The Morgan fingerprint density at radius 3 is 2.69 bits per heavy atom. The first-order chi connectivity index (χ1) is 6.06. The van der Waals surface area contributed by atoms with Crippen molar-refractivity contribution in [1.29, 1.82) is 0 Å². The van der Waals surface area contributed by atoms with E-state index in [1.165, 1.54) is 13.2 Å². The molecule has 1 rings (SSSR count). The second kappa shape index (κ2) is 3.60. The lowest BCUT2D eigenvalue weighted by Gasteiger charge is -2.25. The van der Waals surface area contributed by atoms with Crippen LogP contribution in [0.25, 0.3) is 0 Å². The van der Waals surface area contributed by atoms with Crippen molar-refractivity contribution in [2.75, 3.05) is 7.11 Å². The van der Waals surface area contributed by atoms with Gasteiger partial charge >= 0.3 is 11.9 Å². The third-order valence-electron chi connectivity index (χ3n) is 2.06. The number of methoxy groups -OCH3 is 1. The van der Waals surface area contributed by atoms with Crippen molar-refractivity contribution in [2.45, 2.75) is 20.0 Å². The van der Waals surface area contributed by atoms with Crippen LogP contribution in [0.1, 0.15) is 13.8 Å². The highest BCUT2D eigenvalue weighted by Crippen LogP contribution is 2.23. The molecule has 0 aromatic carbocycles. The van der Waals surface area contributed by atoms with Crippen LogP contribution in [0.4, 0.5) is 0 Å². The summed E-state index contributed by atoms with van der Waals surface area (Å²) in [5.41, 5.74) is 0.690. The van der Waals surface area contributed by atoms with Crippen molar-refractivity contribution in [3.05, 3.63) is 11.6 Å². The molecule has 0 aliphatic carbocycles. The zero-order valence-electron chi connectivity index (χ0n) is 7.87. The van der Waals surface area contributed by atoms with E-state index in [1.54, 1.807) is 13.8 Å². The Labute approximate surface area is 76.5 Å². The van der Waals surface area contributed by atoms with E-state index >= 15 is 0 Å². The summed E-state index contributed by atoms with van der Waals surface area (Å²) < 4.78 is 9.47. The summed E-state index contributed by atoms with van der Waals surface area (Å²) in [5, 5.41) is 0. The van der Waals surface area contributed by atoms with Crippen molar-refractivity contribution in [3.8, 4) is 0 Å². The van der Waals surface area contributed by atoms with Crippen LogP contribution in [0.15, 0.2) is 11.6 Å². The number of hydrogen-bond acceptors (Lipinski definition) is 4. The normalized spacial score (nSPS) is 27.6. The molecular weight excluding hydrogens is 172 g/mol. The Morgan fingerprint density at radius 2 is 2.23 bits per heavy atom. The molecule has 0 amide bonds. The molecule has 0 bridgehead atoms. The Kier molecular flexibility index (Phi) is 2.70. The lowest BCUT2D eigenvalue weighted by molar-refractivity contribution is -0.156. The van der Waals surface area contributed by atoms with Gasteiger partial charge in [-0.1, -0.05) is 0 Å². The fraction of sp³-hybridized carbons (Fsp3) is 0.556.